The molecular formula is C16H18N2O2S. The van der Waals surface area contributed by atoms with Gasteiger partial charge in [0.1, 0.15) is 10.6 Å². The Kier molecular flexibility index (Phi) is 3.84. The quantitative estimate of drug-likeness (QED) is 0.923. The van der Waals surface area contributed by atoms with Gasteiger partial charge in [-0.2, -0.15) is 0 Å². The molecule has 0 unspecified atom stereocenters. The minimum absolute atomic E-state index is 0.0240. The molecule has 0 bridgehead atoms. The average molecular weight is 302 g/mol. The normalized spacial score (nSPS) is 14.0. The number of rotatable bonds is 5. The lowest BCUT2D eigenvalue weighted by atomic mass is 10.1. The highest BCUT2D eigenvalue weighted by Gasteiger charge is 2.34. The number of hydrogen-bond donors (Lipinski definition) is 1. The molecule has 1 fully saturated rings. The summed E-state index contributed by atoms with van der Waals surface area (Å²) < 4.78 is 5.38. The van der Waals surface area contributed by atoms with Gasteiger partial charge < -0.3 is 15.4 Å². The van der Waals surface area contributed by atoms with Crippen molar-refractivity contribution in [3.8, 4) is 5.75 Å². The maximum atomic E-state index is 12.7. The number of hydrogen-bond acceptors (Lipinski definition) is 4. The number of ether oxygens (including phenoxy) is 1. The van der Waals surface area contributed by atoms with Gasteiger partial charge in [0.05, 0.1) is 12.8 Å². The Hall–Kier alpha value is -2.01. The number of carbonyl (C=O) groups is 1. The minimum atomic E-state index is 0.0240. The van der Waals surface area contributed by atoms with Crippen LogP contribution < -0.4 is 10.5 Å². The van der Waals surface area contributed by atoms with Crippen LogP contribution >= 0.6 is 11.3 Å². The molecule has 4 nitrogen and oxygen atoms in total. The monoisotopic (exact) mass is 302 g/mol. The van der Waals surface area contributed by atoms with E-state index in [-0.39, 0.29) is 5.91 Å². The van der Waals surface area contributed by atoms with Gasteiger partial charge in [0.25, 0.3) is 5.91 Å². The molecule has 0 saturated heterocycles. The summed E-state index contributed by atoms with van der Waals surface area (Å²) in [5.74, 6) is 0.839. The first-order chi connectivity index (χ1) is 10.2. The van der Waals surface area contributed by atoms with Gasteiger partial charge in [-0.1, -0.05) is 18.2 Å². The van der Waals surface area contributed by atoms with Gasteiger partial charge >= 0.3 is 0 Å². The molecule has 5 heteroatoms. The summed E-state index contributed by atoms with van der Waals surface area (Å²) in [6.45, 7) is 0.560. The van der Waals surface area contributed by atoms with Gasteiger partial charge in [-0.15, -0.1) is 11.3 Å². The van der Waals surface area contributed by atoms with Crippen LogP contribution in [0, 0.1) is 0 Å². The van der Waals surface area contributed by atoms with E-state index in [2.05, 4.69) is 0 Å². The van der Waals surface area contributed by atoms with Gasteiger partial charge in [-0.05, 0) is 30.4 Å². The van der Waals surface area contributed by atoms with Crippen molar-refractivity contribution in [3.05, 3.63) is 46.2 Å². The van der Waals surface area contributed by atoms with Gasteiger partial charge in [-0.25, -0.2) is 0 Å². The third-order valence-electron chi connectivity index (χ3n) is 3.67. The molecule has 1 aromatic heterocycles. The number of para-hydroxylation sites is 1. The molecule has 0 radical (unpaired) electrons. The van der Waals surface area contributed by atoms with Crippen LogP contribution in [-0.2, 0) is 6.54 Å². The van der Waals surface area contributed by atoms with Crippen LogP contribution in [0.5, 0.6) is 5.75 Å². The SMILES string of the molecule is COc1ccccc1CN(C(=O)c1sccc1N)C1CC1. The van der Waals surface area contributed by atoms with Crippen molar-refractivity contribution in [2.75, 3.05) is 12.8 Å². The molecule has 1 aliphatic rings. The highest BCUT2D eigenvalue weighted by atomic mass is 32.1. The zero-order valence-corrected chi connectivity index (χ0v) is 12.7. The topological polar surface area (TPSA) is 55.6 Å². The van der Waals surface area contributed by atoms with E-state index in [1.165, 1.54) is 11.3 Å². The number of nitrogen functional groups attached to an aromatic ring is 1. The zero-order chi connectivity index (χ0) is 14.8. The predicted molar refractivity (Wildman–Crippen MR) is 84.6 cm³/mol. The Balaban J connectivity index is 1.86. The van der Waals surface area contributed by atoms with Gasteiger partial charge in [0, 0.05) is 18.2 Å². The predicted octanol–water partition coefficient (Wildman–Crippen LogP) is 3.14. The van der Waals surface area contributed by atoms with Gasteiger partial charge in [0.2, 0.25) is 0 Å². The molecule has 2 N–H and O–H groups in total. The van der Waals surface area contributed by atoms with E-state index < -0.39 is 0 Å². The third kappa shape index (κ3) is 2.88. The third-order valence-corrected chi connectivity index (χ3v) is 4.59. The van der Waals surface area contributed by atoms with E-state index in [0.717, 1.165) is 24.2 Å². The molecule has 0 atom stereocenters. The first kappa shape index (κ1) is 13.9. The van der Waals surface area contributed by atoms with Crippen LogP contribution in [-0.4, -0.2) is 24.0 Å². The second-order valence-electron chi connectivity index (χ2n) is 5.18. The summed E-state index contributed by atoms with van der Waals surface area (Å²) in [4.78, 5) is 15.3. The highest BCUT2D eigenvalue weighted by Crippen LogP contribution is 2.33. The fourth-order valence-electron chi connectivity index (χ4n) is 2.39. The van der Waals surface area contributed by atoms with Gasteiger partial charge in [-0.3, -0.25) is 4.79 Å². The Bertz CT molecular complexity index is 649. The molecular weight excluding hydrogens is 284 g/mol. The van der Waals surface area contributed by atoms with Crippen molar-refractivity contribution in [3.63, 3.8) is 0 Å². The Morgan fingerprint density at radius 3 is 2.76 bits per heavy atom. The molecule has 1 amide bonds. The number of benzene rings is 1. The first-order valence-electron chi connectivity index (χ1n) is 6.96. The molecule has 3 rings (SSSR count). The fraction of sp³-hybridized carbons (Fsp3) is 0.312. The first-order valence-corrected chi connectivity index (χ1v) is 7.84. The molecule has 21 heavy (non-hydrogen) atoms. The largest absolute Gasteiger partial charge is 0.496 e. The zero-order valence-electron chi connectivity index (χ0n) is 11.9. The van der Waals surface area contributed by atoms with E-state index in [0.29, 0.717) is 23.2 Å². The smallest absolute Gasteiger partial charge is 0.266 e. The number of thiophene rings is 1. The van der Waals surface area contributed by atoms with E-state index in [9.17, 15) is 4.79 Å². The molecule has 110 valence electrons. The van der Waals surface area contributed by atoms with Crippen LogP contribution in [0.1, 0.15) is 28.1 Å². The summed E-state index contributed by atoms with van der Waals surface area (Å²) >= 11 is 1.40. The van der Waals surface area contributed by atoms with Crippen molar-refractivity contribution in [1.29, 1.82) is 0 Å². The van der Waals surface area contributed by atoms with E-state index in [1.807, 2.05) is 34.5 Å². The minimum Gasteiger partial charge on any atom is -0.496 e. The van der Waals surface area contributed by atoms with Crippen molar-refractivity contribution in [2.45, 2.75) is 25.4 Å². The van der Waals surface area contributed by atoms with Gasteiger partial charge in [0.15, 0.2) is 0 Å². The molecule has 0 spiro atoms. The second-order valence-corrected chi connectivity index (χ2v) is 6.10. The lowest BCUT2D eigenvalue weighted by molar-refractivity contribution is 0.0734. The van der Waals surface area contributed by atoms with E-state index >= 15 is 0 Å². The lowest BCUT2D eigenvalue weighted by Gasteiger charge is -2.23. The van der Waals surface area contributed by atoms with Crippen LogP contribution in [0.3, 0.4) is 0 Å². The van der Waals surface area contributed by atoms with Crippen LogP contribution in [0.15, 0.2) is 35.7 Å². The molecule has 1 aliphatic carbocycles. The molecule has 1 aromatic carbocycles. The van der Waals surface area contributed by atoms with Crippen LogP contribution in [0.2, 0.25) is 0 Å². The number of amides is 1. The summed E-state index contributed by atoms with van der Waals surface area (Å²) in [6, 6.07) is 9.93. The number of anilines is 1. The molecule has 1 heterocycles. The maximum absolute atomic E-state index is 12.7. The van der Waals surface area contributed by atoms with Crippen LogP contribution in [0.4, 0.5) is 5.69 Å². The molecule has 0 aliphatic heterocycles. The Labute approximate surface area is 128 Å². The van der Waals surface area contributed by atoms with E-state index in [1.54, 1.807) is 13.2 Å². The number of nitrogens with zero attached hydrogens (tertiary/aromatic N) is 1. The summed E-state index contributed by atoms with van der Waals surface area (Å²) in [5.41, 5.74) is 7.48. The fourth-order valence-corrected chi connectivity index (χ4v) is 3.17. The summed E-state index contributed by atoms with van der Waals surface area (Å²) in [7, 11) is 1.65. The average Bonchev–Trinajstić information content (AvgIpc) is 3.25. The Morgan fingerprint density at radius 2 is 2.14 bits per heavy atom. The number of nitrogens with two attached hydrogens (primary N) is 1. The summed E-state index contributed by atoms with van der Waals surface area (Å²) in [6.07, 6.45) is 2.12. The summed E-state index contributed by atoms with van der Waals surface area (Å²) in [5, 5.41) is 1.86. The lowest BCUT2D eigenvalue weighted by Crippen LogP contribution is -2.32. The highest BCUT2D eigenvalue weighted by molar-refractivity contribution is 7.12. The van der Waals surface area contributed by atoms with E-state index in [4.69, 9.17) is 10.5 Å². The second kappa shape index (κ2) is 5.77. The van der Waals surface area contributed by atoms with Crippen molar-refractivity contribution >= 4 is 22.9 Å². The molecule has 1 saturated carbocycles. The maximum Gasteiger partial charge on any atom is 0.266 e. The van der Waals surface area contributed by atoms with Crippen molar-refractivity contribution < 1.29 is 9.53 Å². The standard InChI is InChI=1S/C16H18N2O2S/c1-20-14-5-3-2-4-11(14)10-18(12-6-7-12)16(19)15-13(17)8-9-21-15/h2-5,8-9,12H,6-7,10,17H2,1H3. The number of carbonyl (C=O) groups excluding carboxylic acids is 1. The van der Waals surface area contributed by atoms with Crippen LogP contribution in [0.25, 0.3) is 0 Å². The van der Waals surface area contributed by atoms with Crippen molar-refractivity contribution in [1.82, 2.24) is 4.90 Å². The Morgan fingerprint density at radius 1 is 1.38 bits per heavy atom. The molecule has 2 aromatic rings. The number of methoxy groups -OCH3 is 1. The van der Waals surface area contributed by atoms with Crippen molar-refractivity contribution in [2.24, 2.45) is 0 Å².